The molecule has 164 valence electrons. The van der Waals surface area contributed by atoms with Crippen molar-refractivity contribution in [2.75, 3.05) is 47.0 Å². The summed E-state index contributed by atoms with van der Waals surface area (Å²) in [4.78, 5) is 4.62. The van der Waals surface area contributed by atoms with Crippen LogP contribution in [-0.2, 0) is 17.8 Å². The minimum atomic E-state index is -0.521. The second-order valence-corrected chi connectivity index (χ2v) is 8.47. The van der Waals surface area contributed by atoms with Crippen molar-refractivity contribution in [1.82, 2.24) is 9.80 Å². The van der Waals surface area contributed by atoms with Crippen LogP contribution < -0.4 is 4.74 Å². The van der Waals surface area contributed by atoms with Crippen LogP contribution in [0.2, 0.25) is 0 Å². The second kappa shape index (κ2) is 12.1. The Labute approximate surface area is 181 Å². The zero-order valence-electron chi connectivity index (χ0n) is 18.4. The van der Waals surface area contributed by atoms with E-state index in [9.17, 15) is 5.11 Å². The number of methoxy groups -OCH3 is 1. The summed E-state index contributed by atoms with van der Waals surface area (Å²) in [5, 5.41) is 10.3. The van der Waals surface area contributed by atoms with Crippen molar-refractivity contribution in [2.24, 2.45) is 5.92 Å². The van der Waals surface area contributed by atoms with Crippen LogP contribution in [-0.4, -0.2) is 68.0 Å². The van der Waals surface area contributed by atoms with E-state index < -0.39 is 6.10 Å². The molecule has 1 heterocycles. The second-order valence-electron chi connectivity index (χ2n) is 8.47. The average Bonchev–Trinajstić information content (AvgIpc) is 2.75. The Morgan fingerprint density at radius 1 is 1.03 bits per heavy atom. The molecule has 2 aromatic carbocycles. The van der Waals surface area contributed by atoms with Crippen LogP contribution in [0.5, 0.6) is 5.75 Å². The number of piperidine rings is 1. The van der Waals surface area contributed by atoms with Crippen molar-refractivity contribution >= 4 is 0 Å². The lowest BCUT2D eigenvalue weighted by Gasteiger charge is -2.31. The Morgan fingerprint density at radius 3 is 2.40 bits per heavy atom. The van der Waals surface area contributed by atoms with E-state index in [2.05, 4.69) is 34.1 Å². The van der Waals surface area contributed by atoms with Gasteiger partial charge in [0.05, 0.1) is 0 Å². The van der Waals surface area contributed by atoms with Gasteiger partial charge in [-0.2, -0.15) is 0 Å². The molecular weight excluding hydrogens is 376 g/mol. The van der Waals surface area contributed by atoms with Crippen LogP contribution in [0.1, 0.15) is 24.0 Å². The molecule has 1 aliphatic rings. The molecule has 1 N–H and O–H groups in total. The van der Waals surface area contributed by atoms with Gasteiger partial charge >= 0.3 is 0 Å². The van der Waals surface area contributed by atoms with Gasteiger partial charge in [0, 0.05) is 33.4 Å². The standard InChI is InChI=1S/C25H36N2O3/c1-26(16-21-6-4-3-5-7-21)18-24(28)20-30-25-10-8-22(9-11-25)17-27-14-12-23(13-15-27)19-29-2/h3-11,23-24,28H,12-20H2,1-2H3/t24-/m1/s1. The van der Waals surface area contributed by atoms with E-state index in [4.69, 9.17) is 9.47 Å². The highest BCUT2D eigenvalue weighted by Gasteiger charge is 2.19. The van der Waals surface area contributed by atoms with Crippen LogP contribution in [0, 0.1) is 5.92 Å². The predicted molar refractivity (Wildman–Crippen MR) is 121 cm³/mol. The van der Waals surface area contributed by atoms with Crippen molar-refractivity contribution in [3.8, 4) is 5.75 Å². The molecule has 0 saturated carbocycles. The summed E-state index contributed by atoms with van der Waals surface area (Å²) >= 11 is 0. The van der Waals surface area contributed by atoms with E-state index in [1.54, 1.807) is 7.11 Å². The molecule has 0 aromatic heterocycles. The smallest absolute Gasteiger partial charge is 0.119 e. The number of aliphatic hydroxyl groups excluding tert-OH is 1. The Morgan fingerprint density at radius 2 is 1.73 bits per heavy atom. The topological polar surface area (TPSA) is 45.2 Å². The molecule has 1 fully saturated rings. The highest BCUT2D eigenvalue weighted by Crippen LogP contribution is 2.20. The fourth-order valence-electron chi connectivity index (χ4n) is 4.06. The molecule has 0 amide bonds. The number of ether oxygens (including phenoxy) is 2. The largest absolute Gasteiger partial charge is 0.491 e. The van der Waals surface area contributed by atoms with E-state index in [0.717, 1.165) is 38.5 Å². The van der Waals surface area contributed by atoms with Crippen LogP contribution in [0.3, 0.4) is 0 Å². The third-order valence-electron chi connectivity index (χ3n) is 5.70. The van der Waals surface area contributed by atoms with Gasteiger partial charge in [-0.15, -0.1) is 0 Å². The van der Waals surface area contributed by atoms with Crippen molar-refractivity contribution in [3.05, 3.63) is 65.7 Å². The normalized spacial score (nSPS) is 16.7. The van der Waals surface area contributed by atoms with E-state index in [0.29, 0.717) is 19.1 Å². The molecule has 1 saturated heterocycles. The summed E-state index contributed by atoms with van der Waals surface area (Å²) in [5.74, 6) is 1.52. The number of likely N-dealkylation sites (N-methyl/N-ethyl adjacent to an activating group) is 1. The molecule has 2 aromatic rings. The third-order valence-corrected chi connectivity index (χ3v) is 5.70. The van der Waals surface area contributed by atoms with Crippen molar-refractivity contribution in [2.45, 2.75) is 32.0 Å². The lowest BCUT2D eigenvalue weighted by Crippen LogP contribution is -2.34. The average molecular weight is 413 g/mol. The quantitative estimate of drug-likeness (QED) is 0.613. The highest BCUT2D eigenvalue weighted by molar-refractivity contribution is 5.27. The van der Waals surface area contributed by atoms with Gasteiger partial charge in [0.2, 0.25) is 0 Å². The van der Waals surface area contributed by atoms with Gasteiger partial charge in [-0.3, -0.25) is 9.80 Å². The number of hydrogen-bond donors (Lipinski definition) is 1. The van der Waals surface area contributed by atoms with E-state index in [1.165, 1.54) is 24.0 Å². The summed E-state index contributed by atoms with van der Waals surface area (Å²) < 4.78 is 11.1. The Bertz CT molecular complexity index is 715. The number of hydrogen-bond acceptors (Lipinski definition) is 5. The molecule has 0 aliphatic carbocycles. The van der Waals surface area contributed by atoms with Gasteiger partial charge in [0.1, 0.15) is 18.5 Å². The Hall–Kier alpha value is -1.92. The molecule has 0 unspecified atom stereocenters. The lowest BCUT2D eigenvalue weighted by atomic mass is 9.97. The fourth-order valence-corrected chi connectivity index (χ4v) is 4.06. The number of likely N-dealkylation sites (tertiary alicyclic amines) is 1. The summed E-state index contributed by atoms with van der Waals surface area (Å²) in [5.41, 5.74) is 2.54. The molecular formula is C25H36N2O3. The first kappa shape index (κ1) is 22.8. The minimum Gasteiger partial charge on any atom is -0.491 e. The van der Waals surface area contributed by atoms with Crippen LogP contribution >= 0.6 is 0 Å². The Kier molecular flexibility index (Phi) is 9.15. The lowest BCUT2D eigenvalue weighted by molar-refractivity contribution is 0.0743. The van der Waals surface area contributed by atoms with Gasteiger partial charge in [-0.25, -0.2) is 0 Å². The number of aliphatic hydroxyl groups is 1. The summed E-state index contributed by atoms with van der Waals surface area (Å²) in [6, 6.07) is 18.6. The highest BCUT2D eigenvalue weighted by atomic mass is 16.5. The SMILES string of the molecule is COCC1CCN(Cc2ccc(OC[C@H](O)CN(C)Cc3ccccc3)cc2)CC1. The summed E-state index contributed by atoms with van der Waals surface area (Å²) in [7, 11) is 3.81. The van der Waals surface area contributed by atoms with Crippen LogP contribution in [0.4, 0.5) is 0 Å². The molecule has 0 bridgehead atoms. The van der Waals surface area contributed by atoms with Gasteiger partial charge in [-0.1, -0.05) is 42.5 Å². The molecule has 5 heteroatoms. The summed E-state index contributed by atoms with van der Waals surface area (Å²) in [6.45, 7) is 5.82. The van der Waals surface area contributed by atoms with Gasteiger partial charge < -0.3 is 14.6 Å². The monoisotopic (exact) mass is 412 g/mol. The maximum atomic E-state index is 10.3. The van der Waals surface area contributed by atoms with E-state index in [1.807, 2.05) is 37.4 Å². The molecule has 5 nitrogen and oxygen atoms in total. The zero-order valence-corrected chi connectivity index (χ0v) is 18.4. The van der Waals surface area contributed by atoms with Crippen LogP contribution in [0.25, 0.3) is 0 Å². The molecule has 0 spiro atoms. The van der Waals surface area contributed by atoms with E-state index in [-0.39, 0.29) is 0 Å². The number of nitrogens with zero attached hydrogens (tertiary/aromatic N) is 2. The van der Waals surface area contributed by atoms with Crippen LogP contribution in [0.15, 0.2) is 54.6 Å². The molecule has 1 aliphatic heterocycles. The molecule has 3 rings (SSSR count). The fraction of sp³-hybridized carbons (Fsp3) is 0.520. The molecule has 30 heavy (non-hydrogen) atoms. The van der Waals surface area contributed by atoms with Gasteiger partial charge in [0.15, 0.2) is 0 Å². The first-order valence-electron chi connectivity index (χ1n) is 11.0. The number of rotatable bonds is 11. The maximum Gasteiger partial charge on any atom is 0.119 e. The zero-order chi connectivity index (χ0) is 21.2. The van der Waals surface area contributed by atoms with Crippen molar-refractivity contribution in [3.63, 3.8) is 0 Å². The molecule has 0 radical (unpaired) electrons. The number of benzene rings is 2. The summed E-state index contributed by atoms with van der Waals surface area (Å²) in [6.07, 6.45) is 1.91. The minimum absolute atomic E-state index is 0.297. The first-order valence-corrected chi connectivity index (χ1v) is 11.0. The van der Waals surface area contributed by atoms with Gasteiger partial charge in [-0.05, 0) is 62.2 Å². The first-order chi connectivity index (χ1) is 14.6. The van der Waals surface area contributed by atoms with E-state index >= 15 is 0 Å². The molecule has 1 atom stereocenters. The van der Waals surface area contributed by atoms with Crippen molar-refractivity contribution in [1.29, 1.82) is 0 Å². The predicted octanol–water partition coefficient (Wildman–Crippen LogP) is 3.42. The third kappa shape index (κ3) is 7.73. The Balaban J connectivity index is 1.36. The van der Waals surface area contributed by atoms with Gasteiger partial charge in [0.25, 0.3) is 0 Å². The van der Waals surface area contributed by atoms with Crippen molar-refractivity contribution < 1.29 is 14.6 Å². The maximum absolute atomic E-state index is 10.3.